The van der Waals surface area contributed by atoms with Gasteiger partial charge in [0.15, 0.2) is 15.7 Å². The summed E-state index contributed by atoms with van der Waals surface area (Å²) in [4.78, 5) is 15.0. The molecule has 1 heterocycles. The Morgan fingerprint density at radius 1 is 1.36 bits per heavy atom. The minimum Gasteiger partial charge on any atom is -0.497 e. The van der Waals surface area contributed by atoms with Crippen LogP contribution in [-0.4, -0.2) is 36.8 Å². The summed E-state index contributed by atoms with van der Waals surface area (Å²) in [5, 5.41) is 2.30. The third kappa shape index (κ3) is 3.42. The van der Waals surface area contributed by atoms with Crippen LogP contribution in [0.1, 0.15) is 12.7 Å². The first-order chi connectivity index (χ1) is 10.3. The molecule has 22 heavy (non-hydrogen) atoms. The highest BCUT2D eigenvalue weighted by atomic mass is 32.2. The summed E-state index contributed by atoms with van der Waals surface area (Å²) in [5.74, 6) is -0.616. The second kappa shape index (κ2) is 6.14. The SMILES string of the molecule is COc1ccc(-c2nc(CS(=O)(=O)[C@@H](C)C(N)=O)no2)cc1. The Morgan fingerprint density at radius 2 is 2.00 bits per heavy atom. The van der Waals surface area contributed by atoms with Gasteiger partial charge in [0.05, 0.1) is 7.11 Å². The van der Waals surface area contributed by atoms with Crippen molar-refractivity contribution in [2.24, 2.45) is 5.73 Å². The molecule has 9 heteroatoms. The van der Waals surface area contributed by atoms with Gasteiger partial charge in [0.1, 0.15) is 16.8 Å². The van der Waals surface area contributed by atoms with Gasteiger partial charge in [0.25, 0.3) is 5.89 Å². The van der Waals surface area contributed by atoms with E-state index in [2.05, 4.69) is 10.1 Å². The summed E-state index contributed by atoms with van der Waals surface area (Å²) in [6.45, 7) is 1.22. The van der Waals surface area contributed by atoms with Gasteiger partial charge in [-0.3, -0.25) is 4.79 Å². The number of nitrogens with zero attached hydrogens (tertiary/aromatic N) is 2. The number of ether oxygens (including phenoxy) is 1. The predicted octanol–water partition coefficient (Wildman–Crippen LogP) is 0.534. The van der Waals surface area contributed by atoms with Gasteiger partial charge < -0.3 is 15.0 Å². The van der Waals surface area contributed by atoms with Crippen LogP contribution in [0.25, 0.3) is 11.5 Å². The summed E-state index contributed by atoms with van der Waals surface area (Å²) in [6, 6.07) is 6.84. The summed E-state index contributed by atoms with van der Waals surface area (Å²) in [5.41, 5.74) is 5.63. The molecule has 0 radical (unpaired) electrons. The molecule has 0 saturated heterocycles. The molecule has 8 nitrogen and oxygen atoms in total. The number of carbonyl (C=O) groups is 1. The molecule has 1 amide bonds. The Morgan fingerprint density at radius 3 is 2.55 bits per heavy atom. The number of rotatable bonds is 6. The molecule has 1 aromatic carbocycles. The van der Waals surface area contributed by atoms with E-state index in [1.165, 1.54) is 6.92 Å². The fourth-order valence-electron chi connectivity index (χ4n) is 1.65. The molecule has 1 aromatic heterocycles. The molecule has 118 valence electrons. The van der Waals surface area contributed by atoms with Crippen LogP contribution >= 0.6 is 0 Å². The zero-order chi connectivity index (χ0) is 16.3. The number of hydrogen-bond acceptors (Lipinski definition) is 7. The largest absolute Gasteiger partial charge is 0.497 e. The summed E-state index contributed by atoms with van der Waals surface area (Å²) >= 11 is 0. The van der Waals surface area contributed by atoms with E-state index >= 15 is 0 Å². The van der Waals surface area contributed by atoms with Gasteiger partial charge in [-0.25, -0.2) is 8.42 Å². The van der Waals surface area contributed by atoms with Gasteiger partial charge >= 0.3 is 0 Å². The number of primary amides is 1. The Balaban J connectivity index is 2.19. The maximum absolute atomic E-state index is 11.9. The van der Waals surface area contributed by atoms with Crippen molar-refractivity contribution in [3.8, 4) is 17.2 Å². The maximum Gasteiger partial charge on any atom is 0.257 e. The van der Waals surface area contributed by atoms with Crippen LogP contribution in [0.4, 0.5) is 0 Å². The van der Waals surface area contributed by atoms with Crippen LogP contribution < -0.4 is 10.5 Å². The number of nitrogens with two attached hydrogens (primary N) is 1. The number of benzene rings is 1. The second-order valence-electron chi connectivity index (χ2n) is 4.60. The zero-order valence-corrected chi connectivity index (χ0v) is 12.8. The highest BCUT2D eigenvalue weighted by Crippen LogP contribution is 2.21. The Bertz CT molecular complexity index is 767. The van der Waals surface area contributed by atoms with E-state index in [9.17, 15) is 13.2 Å². The van der Waals surface area contributed by atoms with Gasteiger partial charge in [-0.05, 0) is 31.2 Å². The first-order valence-corrected chi connectivity index (χ1v) is 8.03. The molecule has 2 N–H and O–H groups in total. The molecule has 0 unspecified atom stereocenters. The van der Waals surface area contributed by atoms with Gasteiger partial charge in [0.2, 0.25) is 5.91 Å². The minimum atomic E-state index is -3.77. The van der Waals surface area contributed by atoms with E-state index in [0.717, 1.165) is 0 Å². The normalized spacial score (nSPS) is 12.8. The lowest BCUT2D eigenvalue weighted by atomic mass is 10.2. The van der Waals surface area contributed by atoms with Crippen molar-refractivity contribution in [1.82, 2.24) is 10.1 Å². The molecular weight excluding hydrogens is 310 g/mol. The van der Waals surface area contributed by atoms with Crippen molar-refractivity contribution >= 4 is 15.7 Å². The number of methoxy groups -OCH3 is 1. The molecule has 0 aliphatic rings. The molecule has 0 fully saturated rings. The van der Waals surface area contributed by atoms with E-state index in [-0.39, 0.29) is 11.7 Å². The Kier molecular flexibility index (Phi) is 4.45. The highest BCUT2D eigenvalue weighted by molar-refractivity contribution is 7.92. The Labute approximate surface area is 127 Å². The fourth-order valence-corrected chi connectivity index (χ4v) is 2.73. The quantitative estimate of drug-likeness (QED) is 0.821. The number of hydrogen-bond donors (Lipinski definition) is 1. The molecule has 2 rings (SSSR count). The van der Waals surface area contributed by atoms with Crippen molar-refractivity contribution in [3.05, 3.63) is 30.1 Å². The first kappa shape index (κ1) is 16.0. The smallest absolute Gasteiger partial charge is 0.257 e. The molecule has 0 aliphatic carbocycles. The van der Waals surface area contributed by atoms with Crippen LogP contribution in [0.5, 0.6) is 5.75 Å². The molecule has 0 aliphatic heterocycles. The average molecular weight is 325 g/mol. The minimum absolute atomic E-state index is 0.0288. The monoisotopic (exact) mass is 325 g/mol. The lowest BCUT2D eigenvalue weighted by Crippen LogP contribution is -2.34. The maximum atomic E-state index is 11.9. The van der Waals surface area contributed by atoms with Crippen molar-refractivity contribution in [3.63, 3.8) is 0 Å². The molecule has 0 bridgehead atoms. The molecule has 0 spiro atoms. The predicted molar refractivity (Wildman–Crippen MR) is 77.6 cm³/mol. The second-order valence-corrected chi connectivity index (χ2v) is 6.92. The van der Waals surface area contributed by atoms with Crippen molar-refractivity contribution in [2.45, 2.75) is 17.9 Å². The molecule has 1 atom stereocenters. The van der Waals surface area contributed by atoms with Crippen LogP contribution in [-0.2, 0) is 20.4 Å². The topological polar surface area (TPSA) is 125 Å². The van der Waals surface area contributed by atoms with Crippen molar-refractivity contribution in [2.75, 3.05) is 7.11 Å². The third-order valence-electron chi connectivity index (χ3n) is 3.07. The molecule has 0 saturated carbocycles. The standard InChI is InChI=1S/C13H15N3O5S/c1-8(12(14)17)22(18,19)7-11-15-13(21-16-11)9-3-5-10(20-2)6-4-9/h3-6,8H,7H2,1-2H3,(H2,14,17)/t8-/m0/s1. The number of sulfone groups is 1. The lowest BCUT2D eigenvalue weighted by molar-refractivity contribution is -0.117. The number of amides is 1. The molecule has 2 aromatic rings. The van der Waals surface area contributed by atoms with E-state index < -0.39 is 26.7 Å². The van der Waals surface area contributed by atoms with Crippen molar-refractivity contribution < 1.29 is 22.5 Å². The van der Waals surface area contributed by atoms with Crippen LogP contribution in [0.15, 0.2) is 28.8 Å². The van der Waals surface area contributed by atoms with E-state index in [0.29, 0.717) is 11.3 Å². The highest BCUT2D eigenvalue weighted by Gasteiger charge is 2.28. The fraction of sp³-hybridized carbons (Fsp3) is 0.308. The number of aromatic nitrogens is 2. The summed E-state index contributed by atoms with van der Waals surface area (Å²) < 4.78 is 33.9. The van der Waals surface area contributed by atoms with Crippen molar-refractivity contribution in [1.29, 1.82) is 0 Å². The van der Waals surface area contributed by atoms with Gasteiger partial charge in [0, 0.05) is 5.56 Å². The molecular formula is C13H15N3O5S. The van der Waals surface area contributed by atoms with Gasteiger partial charge in [-0.2, -0.15) is 4.98 Å². The lowest BCUT2D eigenvalue weighted by Gasteiger charge is -2.06. The van der Waals surface area contributed by atoms with E-state index in [4.69, 9.17) is 15.0 Å². The van der Waals surface area contributed by atoms with E-state index in [1.807, 2.05) is 0 Å². The average Bonchev–Trinajstić information content (AvgIpc) is 2.94. The van der Waals surface area contributed by atoms with Gasteiger partial charge in [-0.15, -0.1) is 0 Å². The zero-order valence-electron chi connectivity index (χ0n) is 12.0. The van der Waals surface area contributed by atoms with Crippen LogP contribution in [0, 0.1) is 0 Å². The van der Waals surface area contributed by atoms with E-state index in [1.54, 1.807) is 31.4 Å². The summed E-state index contributed by atoms with van der Waals surface area (Å²) in [6.07, 6.45) is 0. The van der Waals surface area contributed by atoms with Crippen LogP contribution in [0.2, 0.25) is 0 Å². The number of carbonyl (C=O) groups excluding carboxylic acids is 1. The first-order valence-electron chi connectivity index (χ1n) is 6.31. The Hall–Kier alpha value is -2.42. The van der Waals surface area contributed by atoms with Gasteiger partial charge in [-0.1, -0.05) is 5.16 Å². The third-order valence-corrected chi connectivity index (χ3v) is 5.04. The summed E-state index contributed by atoms with van der Waals surface area (Å²) in [7, 11) is -2.23. The van der Waals surface area contributed by atoms with Crippen LogP contribution in [0.3, 0.4) is 0 Å².